The second-order valence-electron chi connectivity index (χ2n) is 15.6. The zero-order chi connectivity index (χ0) is 41.0. The molecule has 9 aromatic carbocycles. The van der Waals surface area contributed by atoms with Crippen LogP contribution in [-0.2, 0) is 0 Å². The number of benzene rings is 9. The SMILES string of the molecule is c1ccc(-c2ccc(-c3nc(-c4ccccc4)nc(-c4ccc(-n5c6ccccc6c6ccc7c8ccccc8n(-c8ccc(-c9ccccc9)cc8)c7c65)cc4)n3)cc2)cc1. The van der Waals surface area contributed by atoms with Gasteiger partial charge in [0.05, 0.1) is 22.1 Å². The van der Waals surface area contributed by atoms with E-state index in [1.165, 1.54) is 49.3 Å². The van der Waals surface area contributed by atoms with Crippen LogP contribution in [0.4, 0.5) is 0 Å². The minimum Gasteiger partial charge on any atom is -0.307 e. The van der Waals surface area contributed by atoms with Gasteiger partial charge in [-0.15, -0.1) is 0 Å². The molecule has 12 aromatic rings. The number of hydrogen-bond donors (Lipinski definition) is 0. The second-order valence-corrected chi connectivity index (χ2v) is 15.6. The molecule has 5 nitrogen and oxygen atoms in total. The van der Waals surface area contributed by atoms with Crippen molar-refractivity contribution in [3.05, 3.63) is 224 Å². The van der Waals surface area contributed by atoms with Gasteiger partial charge in [0.2, 0.25) is 0 Å². The smallest absolute Gasteiger partial charge is 0.164 e. The number of aromatic nitrogens is 5. The molecule has 0 amide bonds. The first-order chi connectivity index (χ1) is 30.7. The van der Waals surface area contributed by atoms with Crippen LogP contribution >= 0.6 is 0 Å². The van der Waals surface area contributed by atoms with Crippen molar-refractivity contribution in [2.75, 3.05) is 0 Å². The summed E-state index contributed by atoms with van der Waals surface area (Å²) >= 11 is 0. The average molecular weight is 792 g/mol. The van der Waals surface area contributed by atoms with Gasteiger partial charge < -0.3 is 9.13 Å². The second kappa shape index (κ2) is 14.7. The molecular formula is C57H37N5. The fraction of sp³-hybridized carbons (Fsp3) is 0. The van der Waals surface area contributed by atoms with Crippen LogP contribution < -0.4 is 0 Å². The summed E-state index contributed by atoms with van der Waals surface area (Å²) in [6, 6.07) is 79.3. The Morgan fingerprint density at radius 1 is 0.226 bits per heavy atom. The molecule has 290 valence electrons. The van der Waals surface area contributed by atoms with E-state index in [-0.39, 0.29) is 0 Å². The average Bonchev–Trinajstić information content (AvgIpc) is 3.88. The largest absolute Gasteiger partial charge is 0.307 e. The van der Waals surface area contributed by atoms with E-state index in [9.17, 15) is 0 Å². The quantitative estimate of drug-likeness (QED) is 0.162. The van der Waals surface area contributed by atoms with Crippen LogP contribution in [0.15, 0.2) is 224 Å². The first-order valence-corrected chi connectivity index (χ1v) is 20.9. The normalized spacial score (nSPS) is 11.5. The van der Waals surface area contributed by atoms with Crippen LogP contribution in [0, 0.1) is 0 Å². The molecule has 12 rings (SSSR count). The number of rotatable bonds is 7. The maximum atomic E-state index is 5.10. The molecule has 5 heteroatoms. The van der Waals surface area contributed by atoms with E-state index in [4.69, 9.17) is 15.0 Å². The Morgan fingerprint density at radius 3 is 0.935 bits per heavy atom. The zero-order valence-corrected chi connectivity index (χ0v) is 33.6. The molecular weight excluding hydrogens is 755 g/mol. The fourth-order valence-electron chi connectivity index (χ4n) is 9.02. The molecule has 0 aliphatic rings. The van der Waals surface area contributed by atoms with E-state index in [1.807, 2.05) is 36.4 Å². The molecule has 0 saturated heterocycles. The summed E-state index contributed by atoms with van der Waals surface area (Å²) < 4.78 is 4.86. The molecule has 0 saturated carbocycles. The number of hydrogen-bond acceptors (Lipinski definition) is 3. The Balaban J connectivity index is 1.02. The van der Waals surface area contributed by atoms with Crippen LogP contribution in [0.5, 0.6) is 0 Å². The summed E-state index contributed by atoms with van der Waals surface area (Å²) in [6.45, 7) is 0. The molecule has 62 heavy (non-hydrogen) atoms. The van der Waals surface area contributed by atoms with Crippen molar-refractivity contribution in [2.24, 2.45) is 0 Å². The Kier molecular flexibility index (Phi) is 8.42. The molecule has 0 bridgehead atoms. The Labute approximate surface area is 358 Å². The van der Waals surface area contributed by atoms with Crippen molar-refractivity contribution >= 4 is 43.6 Å². The van der Waals surface area contributed by atoms with E-state index in [2.05, 4.69) is 197 Å². The molecule has 0 N–H and O–H groups in total. The Hall–Kier alpha value is -8.41. The maximum Gasteiger partial charge on any atom is 0.164 e. The van der Waals surface area contributed by atoms with Gasteiger partial charge in [-0.05, 0) is 70.8 Å². The molecule has 0 spiro atoms. The van der Waals surface area contributed by atoms with Gasteiger partial charge in [0.1, 0.15) is 0 Å². The highest BCUT2D eigenvalue weighted by molar-refractivity contribution is 6.23. The van der Waals surface area contributed by atoms with Gasteiger partial charge in [0, 0.05) is 49.6 Å². The van der Waals surface area contributed by atoms with Gasteiger partial charge in [-0.3, -0.25) is 0 Å². The van der Waals surface area contributed by atoms with E-state index in [0.717, 1.165) is 44.7 Å². The Bertz CT molecular complexity index is 3570. The number of para-hydroxylation sites is 2. The van der Waals surface area contributed by atoms with Crippen molar-refractivity contribution in [1.29, 1.82) is 0 Å². The molecule has 0 radical (unpaired) electrons. The number of fused-ring (bicyclic) bond motifs is 7. The standard InChI is InChI=1S/C57H37N5/c1-4-14-38(15-5-1)40-24-26-43(27-25-40)56-58-55(42-18-8-3-9-19-42)59-57(60-56)44-30-34-46(35-31-44)62-52-23-13-11-21-48(52)50-37-36-49-47-20-10-12-22-51(47)61(53(49)54(50)62)45-32-28-41(29-33-45)39-16-6-2-7-17-39/h1-37H. The topological polar surface area (TPSA) is 48.5 Å². The maximum absolute atomic E-state index is 5.10. The van der Waals surface area contributed by atoms with E-state index < -0.39 is 0 Å². The Morgan fingerprint density at radius 2 is 0.516 bits per heavy atom. The fourth-order valence-corrected chi connectivity index (χ4v) is 9.02. The van der Waals surface area contributed by atoms with Crippen LogP contribution in [0.2, 0.25) is 0 Å². The first-order valence-electron chi connectivity index (χ1n) is 20.9. The van der Waals surface area contributed by atoms with Crippen LogP contribution in [0.1, 0.15) is 0 Å². The predicted molar refractivity (Wildman–Crippen MR) is 256 cm³/mol. The summed E-state index contributed by atoms with van der Waals surface area (Å²) in [6.07, 6.45) is 0. The zero-order valence-electron chi connectivity index (χ0n) is 33.6. The third-order valence-corrected chi connectivity index (χ3v) is 12.0. The summed E-state index contributed by atoms with van der Waals surface area (Å²) in [7, 11) is 0. The van der Waals surface area contributed by atoms with Gasteiger partial charge >= 0.3 is 0 Å². The molecule has 0 aliphatic carbocycles. The van der Waals surface area contributed by atoms with Crippen LogP contribution in [0.3, 0.4) is 0 Å². The number of nitrogens with zero attached hydrogens (tertiary/aromatic N) is 5. The van der Waals surface area contributed by atoms with E-state index >= 15 is 0 Å². The van der Waals surface area contributed by atoms with Gasteiger partial charge in [-0.2, -0.15) is 0 Å². The lowest BCUT2D eigenvalue weighted by molar-refractivity contribution is 1.07. The summed E-state index contributed by atoms with van der Waals surface area (Å²) in [4.78, 5) is 15.2. The molecule has 3 aromatic heterocycles. The molecule has 0 fully saturated rings. The summed E-state index contributed by atoms with van der Waals surface area (Å²) in [5.41, 5.74) is 14.3. The molecule has 0 atom stereocenters. The van der Waals surface area contributed by atoms with Crippen molar-refractivity contribution < 1.29 is 0 Å². The monoisotopic (exact) mass is 791 g/mol. The van der Waals surface area contributed by atoms with Gasteiger partial charge in [0.25, 0.3) is 0 Å². The van der Waals surface area contributed by atoms with Crippen LogP contribution in [0.25, 0.3) is 111 Å². The highest BCUT2D eigenvalue weighted by Crippen LogP contribution is 2.42. The van der Waals surface area contributed by atoms with Crippen molar-refractivity contribution in [3.8, 4) is 67.8 Å². The molecule has 0 unspecified atom stereocenters. The van der Waals surface area contributed by atoms with Gasteiger partial charge in [0.15, 0.2) is 17.5 Å². The summed E-state index contributed by atoms with van der Waals surface area (Å²) in [5, 5.41) is 4.84. The summed E-state index contributed by atoms with van der Waals surface area (Å²) in [5.74, 6) is 1.89. The lowest BCUT2D eigenvalue weighted by Crippen LogP contribution is -2.01. The van der Waals surface area contributed by atoms with E-state index in [0.29, 0.717) is 17.5 Å². The lowest BCUT2D eigenvalue weighted by atomic mass is 10.0. The lowest BCUT2D eigenvalue weighted by Gasteiger charge is -2.14. The first kappa shape index (κ1) is 35.5. The molecule has 3 heterocycles. The molecule has 0 aliphatic heterocycles. The van der Waals surface area contributed by atoms with Crippen molar-refractivity contribution in [1.82, 2.24) is 24.1 Å². The highest BCUT2D eigenvalue weighted by atomic mass is 15.1. The van der Waals surface area contributed by atoms with Crippen LogP contribution in [-0.4, -0.2) is 24.1 Å². The van der Waals surface area contributed by atoms with Crippen molar-refractivity contribution in [2.45, 2.75) is 0 Å². The minimum atomic E-state index is 0.622. The minimum absolute atomic E-state index is 0.622. The van der Waals surface area contributed by atoms with Crippen molar-refractivity contribution in [3.63, 3.8) is 0 Å². The predicted octanol–water partition coefficient (Wildman–Crippen LogP) is 14.4. The van der Waals surface area contributed by atoms with Gasteiger partial charge in [-0.25, -0.2) is 15.0 Å². The van der Waals surface area contributed by atoms with Gasteiger partial charge in [-0.1, -0.05) is 176 Å². The van der Waals surface area contributed by atoms with E-state index in [1.54, 1.807) is 0 Å². The highest BCUT2D eigenvalue weighted by Gasteiger charge is 2.21. The third-order valence-electron chi connectivity index (χ3n) is 12.0. The third kappa shape index (κ3) is 5.98.